The zero-order valence-electron chi connectivity index (χ0n) is 17.0. The average molecular weight is 443 g/mol. The van der Waals surface area contributed by atoms with E-state index in [4.69, 9.17) is 11.6 Å². The number of hydrogen-bond acceptors (Lipinski definition) is 3. The SMILES string of the molecule is Cc1ccc(S(=O)(=O)N(CC(=O)Nc2cc(C)ccc2C)c2ccc(Cl)cc2)cc1. The van der Waals surface area contributed by atoms with E-state index in [-0.39, 0.29) is 11.4 Å². The van der Waals surface area contributed by atoms with Gasteiger partial charge in [0.25, 0.3) is 10.0 Å². The van der Waals surface area contributed by atoms with Gasteiger partial charge in [0.05, 0.1) is 10.6 Å². The van der Waals surface area contributed by atoms with Gasteiger partial charge in [-0.1, -0.05) is 41.4 Å². The van der Waals surface area contributed by atoms with Crippen LogP contribution in [0.25, 0.3) is 0 Å². The maximum atomic E-state index is 13.4. The fourth-order valence-corrected chi connectivity index (χ4v) is 4.50. The Hall–Kier alpha value is -2.83. The third kappa shape index (κ3) is 5.01. The lowest BCUT2D eigenvalue weighted by molar-refractivity contribution is -0.114. The molecule has 3 rings (SSSR count). The van der Waals surface area contributed by atoms with Crippen LogP contribution in [0.4, 0.5) is 11.4 Å². The minimum atomic E-state index is -3.96. The summed E-state index contributed by atoms with van der Waals surface area (Å²) in [7, 11) is -3.96. The highest BCUT2D eigenvalue weighted by molar-refractivity contribution is 7.92. The normalized spacial score (nSPS) is 11.2. The van der Waals surface area contributed by atoms with E-state index in [9.17, 15) is 13.2 Å². The van der Waals surface area contributed by atoms with Crippen LogP contribution in [0.2, 0.25) is 5.02 Å². The molecule has 0 saturated heterocycles. The number of carbonyl (C=O) groups excluding carboxylic acids is 1. The van der Waals surface area contributed by atoms with Crippen molar-refractivity contribution in [3.63, 3.8) is 0 Å². The largest absolute Gasteiger partial charge is 0.324 e. The maximum absolute atomic E-state index is 13.4. The number of sulfonamides is 1. The molecular weight excluding hydrogens is 420 g/mol. The number of halogens is 1. The number of hydrogen-bond donors (Lipinski definition) is 1. The second-order valence-electron chi connectivity index (χ2n) is 7.17. The van der Waals surface area contributed by atoms with Gasteiger partial charge in [-0.3, -0.25) is 9.10 Å². The fraction of sp³-hybridized carbons (Fsp3) is 0.174. The molecule has 0 fully saturated rings. The minimum absolute atomic E-state index is 0.114. The molecule has 0 aliphatic carbocycles. The number of aryl methyl sites for hydroxylation is 3. The van der Waals surface area contributed by atoms with Crippen molar-refractivity contribution in [3.05, 3.63) is 88.4 Å². The van der Waals surface area contributed by atoms with Crippen LogP contribution in [0.3, 0.4) is 0 Å². The summed E-state index contributed by atoms with van der Waals surface area (Å²) >= 11 is 5.96. The molecule has 5 nitrogen and oxygen atoms in total. The Bertz CT molecular complexity index is 1160. The van der Waals surface area contributed by atoms with Gasteiger partial charge < -0.3 is 5.32 Å². The highest BCUT2D eigenvalue weighted by atomic mass is 35.5. The molecule has 0 heterocycles. The topological polar surface area (TPSA) is 66.5 Å². The first-order chi connectivity index (χ1) is 14.2. The highest BCUT2D eigenvalue weighted by Crippen LogP contribution is 2.26. The van der Waals surface area contributed by atoms with E-state index >= 15 is 0 Å². The van der Waals surface area contributed by atoms with E-state index in [2.05, 4.69) is 5.32 Å². The molecular formula is C23H23ClN2O3S. The number of amides is 1. The standard InChI is InChI=1S/C23H23ClN2O3S/c1-16-5-12-21(13-6-16)30(28,29)26(20-10-8-19(24)9-11-20)15-23(27)25-22-14-17(2)4-7-18(22)3/h4-14H,15H2,1-3H3,(H,25,27). The molecule has 3 aromatic carbocycles. The number of carbonyl (C=O) groups is 1. The molecule has 1 amide bonds. The van der Waals surface area contributed by atoms with Gasteiger partial charge in [-0.2, -0.15) is 0 Å². The molecule has 30 heavy (non-hydrogen) atoms. The first kappa shape index (κ1) is 21.9. The molecule has 0 bridgehead atoms. The second kappa shape index (κ2) is 8.90. The summed E-state index contributed by atoms with van der Waals surface area (Å²) in [5.41, 5.74) is 3.85. The van der Waals surface area contributed by atoms with Gasteiger partial charge in [0.15, 0.2) is 0 Å². The molecule has 0 spiro atoms. The molecule has 0 aliphatic heterocycles. The first-order valence-corrected chi connectivity index (χ1v) is 11.2. The van der Waals surface area contributed by atoms with Crippen molar-refractivity contribution in [1.29, 1.82) is 0 Å². The van der Waals surface area contributed by atoms with Gasteiger partial charge in [0.1, 0.15) is 6.54 Å². The monoisotopic (exact) mass is 442 g/mol. The Morgan fingerprint density at radius 3 is 2.13 bits per heavy atom. The fourth-order valence-electron chi connectivity index (χ4n) is 2.95. The Morgan fingerprint density at radius 2 is 1.50 bits per heavy atom. The predicted octanol–water partition coefficient (Wildman–Crippen LogP) is 5.10. The van der Waals surface area contributed by atoms with Crippen molar-refractivity contribution < 1.29 is 13.2 Å². The van der Waals surface area contributed by atoms with E-state index < -0.39 is 15.9 Å². The Balaban J connectivity index is 1.95. The molecule has 0 aromatic heterocycles. The van der Waals surface area contributed by atoms with Gasteiger partial charge in [0, 0.05) is 10.7 Å². The zero-order chi connectivity index (χ0) is 21.9. The van der Waals surface area contributed by atoms with Crippen LogP contribution in [0.1, 0.15) is 16.7 Å². The van der Waals surface area contributed by atoms with Crippen molar-refractivity contribution in [2.75, 3.05) is 16.2 Å². The number of nitrogens with zero attached hydrogens (tertiary/aromatic N) is 1. The summed E-state index contributed by atoms with van der Waals surface area (Å²) in [6.07, 6.45) is 0. The third-order valence-corrected chi connectivity index (χ3v) is 6.72. The lowest BCUT2D eigenvalue weighted by Gasteiger charge is -2.24. The minimum Gasteiger partial charge on any atom is -0.324 e. The lowest BCUT2D eigenvalue weighted by atomic mass is 10.1. The van der Waals surface area contributed by atoms with E-state index in [1.165, 1.54) is 12.1 Å². The summed E-state index contributed by atoms with van der Waals surface area (Å²) in [6, 6.07) is 18.6. The number of rotatable bonds is 6. The van der Waals surface area contributed by atoms with Crippen molar-refractivity contribution in [3.8, 4) is 0 Å². The number of anilines is 2. The van der Waals surface area contributed by atoms with Gasteiger partial charge >= 0.3 is 0 Å². The smallest absolute Gasteiger partial charge is 0.264 e. The van der Waals surface area contributed by atoms with Crippen molar-refractivity contribution in [2.24, 2.45) is 0 Å². The van der Waals surface area contributed by atoms with Crippen LogP contribution in [0.5, 0.6) is 0 Å². The Morgan fingerprint density at radius 1 is 0.900 bits per heavy atom. The Labute approximate surface area is 182 Å². The van der Waals surface area contributed by atoms with E-state index in [1.54, 1.807) is 36.4 Å². The third-order valence-electron chi connectivity index (χ3n) is 4.68. The van der Waals surface area contributed by atoms with Crippen molar-refractivity contribution in [1.82, 2.24) is 0 Å². The molecule has 0 aliphatic rings. The van der Waals surface area contributed by atoms with Crippen molar-refractivity contribution in [2.45, 2.75) is 25.7 Å². The molecule has 3 aromatic rings. The molecule has 0 radical (unpaired) electrons. The summed E-state index contributed by atoms with van der Waals surface area (Å²) in [6.45, 7) is 5.32. The maximum Gasteiger partial charge on any atom is 0.264 e. The highest BCUT2D eigenvalue weighted by Gasteiger charge is 2.27. The van der Waals surface area contributed by atoms with Crippen LogP contribution in [0, 0.1) is 20.8 Å². The van der Waals surface area contributed by atoms with E-state index in [0.29, 0.717) is 16.4 Å². The van der Waals surface area contributed by atoms with Crippen molar-refractivity contribution >= 4 is 38.9 Å². The molecule has 0 unspecified atom stereocenters. The first-order valence-electron chi connectivity index (χ1n) is 9.39. The number of nitrogens with one attached hydrogen (secondary N) is 1. The quantitative estimate of drug-likeness (QED) is 0.577. The second-order valence-corrected chi connectivity index (χ2v) is 9.47. The van der Waals surface area contributed by atoms with E-state index in [0.717, 1.165) is 21.0 Å². The lowest BCUT2D eigenvalue weighted by Crippen LogP contribution is -2.38. The molecule has 1 N–H and O–H groups in total. The Kier molecular flexibility index (Phi) is 6.48. The van der Waals surface area contributed by atoms with Gasteiger partial charge in [-0.05, 0) is 74.4 Å². The molecule has 0 atom stereocenters. The van der Waals surface area contributed by atoms with Crippen LogP contribution >= 0.6 is 11.6 Å². The molecule has 7 heteroatoms. The van der Waals surface area contributed by atoms with Crippen LogP contribution in [-0.4, -0.2) is 20.9 Å². The molecule has 0 saturated carbocycles. The van der Waals surface area contributed by atoms with E-state index in [1.807, 2.05) is 39.0 Å². The summed E-state index contributed by atoms with van der Waals surface area (Å²) in [5, 5.41) is 3.30. The number of benzene rings is 3. The van der Waals surface area contributed by atoms with Crippen LogP contribution in [0.15, 0.2) is 71.6 Å². The summed E-state index contributed by atoms with van der Waals surface area (Å²) < 4.78 is 27.8. The summed E-state index contributed by atoms with van der Waals surface area (Å²) in [5.74, 6) is -0.436. The summed E-state index contributed by atoms with van der Waals surface area (Å²) in [4.78, 5) is 12.9. The average Bonchev–Trinajstić information content (AvgIpc) is 2.70. The van der Waals surface area contributed by atoms with Gasteiger partial charge in [-0.25, -0.2) is 8.42 Å². The van der Waals surface area contributed by atoms with Crippen LogP contribution in [-0.2, 0) is 14.8 Å². The predicted molar refractivity (Wildman–Crippen MR) is 122 cm³/mol. The van der Waals surface area contributed by atoms with Gasteiger partial charge in [0.2, 0.25) is 5.91 Å². The van der Waals surface area contributed by atoms with Crippen LogP contribution < -0.4 is 9.62 Å². The van der Waals surface area contributed by atoms with Gasteiger partial charge in [-0.15, -0.1) is 0 Å². The zero-order valence-corrected chi connectivity index (χ0v) is 18.6. The molecule has 156 valence electrons.